The van der Waals surface area contributed by atoms with Crippen LogP contribution < -0.4 is 16.4 Å². The number of alkyl halides is 3. The molecule has 2 rings (SSSR count). The second-order valence-corrected chi connectivity index (χ2v) is 5.62. The van der Waals surface area contributed by atoms with Crippen molar-refractivity contribution in [2.24, 2.45) is 5.73 Å². The lowest BCUT2D eigenvalue weighted by Crippen LogP contribution is -2.20. The fourth-order valence-electron chi connectivity index (χ4n) is 1.84. The first-order chi connectivity index (χ1) is 11.2. The van der Waals surface area contributed by atoms with Crippen molar-refractivity contribution in [1.82, 2.24) is 0 Å². The molecule has 5 nitrogen and oxygen atoms in total. The Hall–Kier alpha value is -2.55. The normalized spacial score (nSPS) is 11.0. The number of anilines is 2. The van der Waals surface area contributed by atoms with Gasteiger partial charge in [-0.15, -0.1) is 0 Å². The van der Waals surface area contributed by atoms with Gasteiger partial charge in [0.1, 0.15) is 5.84 Å². The molecule has 24 heavy (non-hydrogen) atoms. The van der Waals surface area contributed by atoms with Crippen LogP contribution in [-0.4, -0.2) is 11.9 Å². The molecule has 0 atom stereocenters. The van der Waals surface area contributed by atoms with E-state index in [0.29, 0.717) is 11.3 Å². The molecule has 0 fully saturated rings. The Bertz CT molecular complexity index is 793. The molecule has 9 heteroatoms. The number of benzene rings is 2. The van der Waals surface area contributed by atoms with Crippen LogP contribution in [0.2, 0.25) is 0 Å². The number of nitrogen functional groups attached to an aromatic ring is 1. The molecule has 0 saturated carbocycles. The molecule has 2 aromatic carbocycles. The Morgan fingerprint density at radius 1 is 1.12 bits per heavy atom. The number of amidine groups is 1. The van der Waals surface area contributed by atoms with Crippen molar-refractivity contribution in [2.75, 3.05) is 10.6 Å². The highest BCUT2D eigenvalue weighted by molar-refractivity contribution is 9.10. The van der Waals surface area contributed by atoms with Crippen molar-refractivity contribution in [2.45, 2.75) is 6.18 Å². The van der Waals surface area contributed by atoms with Gasteiger partial charge in [0.05, 0.1) is 11.3 Å². The number of hydrogen-bond acceptors (Lipinski definition) is 2. The summed E-state index contributed by atoms with van der Waals surface area (Å²) in [5, 5.41) is 12.3. The Morgan fingerprint density at radius 3 is 2.42 bits per heavy atom. The number of urea groups is 1. The number of nitrogens with one attached hydrogen (secondary N) is 3. The first-order valence-electron chi connectivity index (χ1n) is 6.56. The quantitative estimate of drug-likeness (QED) is 0.454. The van der Waals surface area contributed by atoms with E-state index in [0.717, 1.165) is 18.2 Å². The van der Waals surface area contributed by atoms with Crippen LogP contribution >= 0.6 is 15.9 Å². The zero-order valence-corrected chi connectivity index (χ0v) is 13.6. The molecular formula is C15H12BrF3N4O. The number of halogens is 4. The smallest absolute Gasteiger partial charge is 0.384 e. The van der Waals surface area contributed by atoms with E-state index in [2.05, 4.69) is 26.6 Å². The topological polar surface area (TPSA) is 91.0 Å². The molecule has 0 aromatic heterocycles. The lowest BCUT2D eigenvalue weighted by atomic mass is 10.2. The second kappa shape index (κ2) is 6.91. The van der Waals surface area contributed by atoms with Crippen LogP contribution in [0.3, 0.4) is 0 Å². The zero-order chi connectivity index (χ0) is 17.9. The SMILES string of the molecule is N=C(N)c1cccc(NC(=O)Nc2ccc(C(F)(F)F)cc2Br)c1. The molecular weight excluding hydrogens is 389 g/mol. The van der Waals surface area contributed by atoms with Gasteiger partial charge in [0.2, 0.25) is 0 Å². The number of nitrogens with two attached hydrogens (primary N) is 1. The lowest BCUT2D eigenvalue weighted by Gasteiger charge is -2.12. The van der Waals surface area contributed by atoms with Gasteiger partial charge in [0.15, 0.2) is 0 Å². The molecule has 0 aliphatic heterocycles. The Kier molecular flexibility index (Phi) is 5.13. The first kappa shape index (κ1) is 17.8. The Morgan fingerprint density at radius 2 is 1.83 bits per heavy atom. The zero-order valence-electron chi connectivity index (χ0n) is 12.0. The molecule has 2 amide bonds. The van der Waals surface area contributed by atoms with E-state index in [1.165, 1.54) is 6.07 Å². The first-order valence-corrected chi connectivity index (χ1v) is 7.35. The summed E-state index contributed by atoms with van der Waals surface area (Å²) in [7, 11) is 0. The van der Waals surface area contributed by atoms with Crippen LogP contribution in [0.25, 0.3) is 0 Å². The summed E-state index contributed by atoms with van der Waals surface area (Å²) in [5.74, 6) is -0.149. The van der Waals surface area contributed by atoms with E-state index >= 15 is 0 Å². The predicted octanol–water partition coefficient (Wildman–Crippen LogP) is 4.40. The van der Waals surface area contributed by atoms with Crippen LogP contribution in [0.4, 0.5) is 29.3 Å². The van der Waals surface area contributed by atoms with E-state index < -0.39 is 17.8 Å². The third-order valence-corrected chi connectivity index (χ3v) is 3.63. The average Bonchev–Trinajstić information content (AvgIpc) is 2.48. The fraction of sp³-hybridized carbons (Fsp3) is 0.0667. The molecule has 0 bridgehead atoms. The van der Waals surface area contributed by atoms with Crippen molar-refractivity contribution in [3.05, 3.63) is 58.1 Å². The van der Waals surface area contributed by atoms with Gasteiger partial charge >= 0.3 is 12.2 Å². The van der Waals surface area contributed by atoms with Gasteiger partial charge in [-0.25, -0.2) is 4.79 Å². The minimum atomic E-state index is -4.46. The summed E-state index contributed by atoms with van der Waals surface area (Å²) in [6.45, 7) is 0. The maximum Gasteiger partial charge on any atom is 0.416 e. The summed E-state index contributed by atoms with van der Waals surface area (Å²) in [6, 6.07) is 8.58. The largest absolute Gasteiger partial charge is 0.416 e. The second-order valence-electron chi connectivity index (χ2n) is 4.77. The molecule has 0 unspecified atom stereocenters. The summed E-state index contributed by atoms with van der Waals surface area (Å²) < 4.78 is 37.9. The maximum atomic E-state index is 12.6. The highest BCUT2D eigenvalue weighted by Gasteiger charge is 2.30. The van der Waals surface area contributed by atoms with E-state index in [-0.39, 0.29) is 16.0 Å². The number of rotatable bonds is 3. The van der Waals surface area contributed by atoms with E-state index in [1.54, 1.807) is 18.2 Å². The standard InChI is InChI=1S/C15H12BrF3N4O/c16-11-7-9(15(17,18)19)4-5-12(11)23-14(24)22-10-3-1-2-8(6-10)13(20)21/h1-7H,(H3,20,21)(H2,22,23,24). The van der Waals surface area contributed by atoms with Crippen LogP contribution in [0.15, 0.2) is 46.9 Å². The highest BCUT2D eigenvalue weighted by Crippen LogP contribution is 2.33. The summed E-state index contributed by atoms with van der Waals surface area (Å²) in [5.41, 5.74) is 5.55. The molecule has 0 aliphatic rings. The van der Waals surface area contributed by atoms with Crippen LogP contribution in [0.1, 0.15) is 11.1 Å². The average molecular weight is 401 g/mol. The van der Waals surface area contributed by atoms with Crippen molar-refractivity contribution in [3.8, 4) is 0 Å². The Balaban J connectivity index is 2.10. The van der Waals surface area contributed by atoms with Crippen molar-refractivity contribution in [1.29, 1.82) is 5.41 Å². The van der Waals surface area contributed by atoms with Gasteiger partial charge in [-0.1, -0.05) is 12.1 Å². The minimum Gasteiger partial charge on any atom is -0.384 e. The Labute approximate surface area is 143 Å². The van der Waals surface area contributed by atoms with E-state index in [9.17, 15) is 18.0 Å². The van der Waals surface area contributed by atoms with Crippen molar-refractivity contribution < 1.29 is 18.0 Å². The summed E-state index contributed by atoms with van der Waals surface area (Å²) in [6.07, 6.45) is -4.46. The molecule has 0 saturated heterocycles. The number of carbonyl (C=O) groups excluding carboxylic acids is 1. The van der Waals surface area contributed by atoms with Crippen LogP contribution in [0.5, 0.6) is 0 Å². The minimum absolute atomic E-state index is 0.102. The monoisotopic (exact) mass is 400 g/mol. The molecule has 5 N–H and O–H groups in total. The molecule has 0 radical (unpaired) electrons. The summed E-state index contributed by atoms with van der Waals surface area (Å²) in [4.78, 5) is 11.9. The van der Waals surface area contributed by atoms with Crippen LogP contribution in [-0.2, 0) is 6.18 Å². The molecule has 0 aliphatic carbocycles. The number of amides is 2. The van der Waals surface area contributed by atoms with Gasteiger partial charge in [-0.05, 0) is 46.3 Å². The van der Waals surface area contributed by atoms with Crippen LogP contribution in [0, 0.1) is 5.41 Å². The van der Waals surface area contributed by atoms with E-state index in [1.807, 2.05) is 0 Å². The van der Waals surface area contributed by atoms with Crippen molar-refractivity contribution in [3.63, 3.8) is 0 Å². The van der Waals surface area contributed by atoms with Gasteiger partial charge < -0.3 is 16.4 Å². The summed E-state index contributed by atoms with van der Waals surface area (Å²) >= 11 is 3.00. The predicted molar refractivity (Wildman–Crippen MR) is 89.2 cm³/mol. The highest BCUT2D eigenvalue weighted by atomic mass is 79.9. The third kappa shape index (κ3) is 4.48. The maximum absolute atomic E-state index is 12.6. The molecule has 0 heterocycles. The van der Waals surface area contributed by atoms with Gasteiger partial charge in [0, 0.05) is 15.7 Å². The van der Waals surface area contributed by atoms with E-state index in [4.69, 9.17) is 11.1 Å². The van der Waals surface area contributed by atoms with Crippen molar-refractivity contribution >= 4 is 39.2 Å². The molecule has 0 spiro atoms. The van der Waals surface area contributed by atoms with Gasteiger partial charge in [-0.2, -0.15) is 13.2 Å². The molecule has 2 aromatic rings. The third-order valence-electron chi connectivity index (χ3n) is 2.98. The van der Waals surface area contributed by atoms with Gasteiger partial charge in [0.25, 0.3) is 0 Å². The molecule has 126 valence electrons. The fourth-order valence-corrected chi connectivity index (χ4v) is 2.32. The number of hydrogen-bond donors (Lipinski definition) is 4. The van der Waals surface area contributed by atoms with Gasteiger partial charge in [-0.3, -0.25) is 5.41 Å². The lowest BCUT2D eigenvalue weighted by molar-refractivity contribution is -0.137. The number of carbonyl (C=O) groups is 1.